The van der Waals surface area contributed by atoms with Gasteiger partial charge in [0.05, 0.1) is 13.2 Å². The van der Waals surface area contributed by atoms with Crippen LogP contribution in [-0.4, -0.2) is 30.3 Å². The first-order valence-electron chi connectivity index (χ1n) is 7.04. The van der Waals surface area contributed by atoms with E-state index in [-0.39, 0.29) is 6.61 Å². The molecule has 0 aliphatic rings. The summed E-state index contributed by atoms with van der Waals surface area (Å²) < 4.78 is 5.20. The molecule has 0 radical (unpaired) electrons. The second-order valence-corrected chi connectivity index (χ2v) is 4.81. The van der Waals surface area contributed by atoms with Crippen LogP contribution in [0.2, 0.25) is 0 Å². The number of ether oxygens (including phenoxy) is 1. The van der Waals surface area contributed by atoms with E-state index in [2.05, 4.69) is 0 Å². The highest BCUT2D eigenvalue weighted by Gasteiger charge is 1.93. The SMILES string of the molecule is OCCOCCCCCCCCCCCC=S. The minimum atomic E-state index is 0.142. The monoisotopic (exact) mass is 260 g/mol. The topological polar surface area (TPSA) is 29.5 Å². The van der Waals surface area contributed by atoms with E-state index in [1.165, 1.54) is 51.4 Å². The van der Waals surface area contributed by atoms with Crippen molar-refractivity contribution in [3.05, 3.63) is 0 Å². The molecule has 1 N–H and O–H groups in total. The first-order valence-corrected chi connectivity index (χ1v) is 7.51. The molecule has 2 nitrogen and oxygen atoms in total. The van der Waals surface area contributed by atoms with E-state index in [0.717, 1.165) is 19.4 Å². The highest BCUT2D eigenvalue weighted by atomic mass is 32.1. The quantitative estimate of drug-likeness (QED) is 0.379. The number of aliphatic hydroxyl groups is 1. The summed E-state index contributed by atoms with van der Waals surface area (Å²) in [5.74, 6) is 0. The highest BCUT2D eigenvalue weighted by molar-refractivity contribution is 7.78. The standard InChI is InChI=1S/C14H28O2S/c15-11-13-16-12-9-7-5-3-1-2-4-6-8-10-14-17/h14-15H,1-13H2. The molecule has 0 aromatic carbocycles. The molecule has 0 heterocycles. The van der Waals surface area contributed by atoms with Crippen molar-refractivity contribution in [3.8, 4) is 0 Å². The fourth-order valence-electron chi connectivity index (χ4n) is 1.84. The Morgan fingerprint density at radius 3 is 1.82 bits per heavy atom. The molecular formula is C14H28O2S. The Bertz CT molecular complexity index is 151. The minimum Gasteiger partial charge on any atom is -0.394 e. The lowest BCUT2D eigenvalue weighted by atomic mass is 10.1. The normalized spacial score (nSPS) is 10.6. The molecule has 0 bridgehead atoms. The zero-order chi connectivity index (χ0) is 12.6. The first-order chi connectivity index (χ1) is 8.41. The lowest BCUT2D eigenvalue weighted by Crippen LogP contribution is -2.00. The van der Waals surface area contributed by atoms with Gasteiger partial charge in [-0.15, -0.1) is 0 Å². The summed E-state index contributed by atoms with van der Waals surface area (Å²) in [4.78, 5) is 0. The van der Waals surface area contributed by atoms with Crippen LogP contribution in [0.25, 0.3) is 0 Å². The Balaban J connectivity index is 2.87. The summed E-state index contributed by atoms with van der Waals surface area (Å²) in [6.45, 7) is 1.43. The zero-order valence-electron chi connectivity index (χ0n) is 11.0. The van der Waals surface area contributed by atoms with Crippen LogP contribution in [0.3, 0.4) is 0 Å². The fraction of sp³-hybridized carbons (Fsp3) is 0.929. The predicted molar refractivity (Wildman–Crippen MR) is 77.7 cm³/mol. The Morgan fingerprint density at radius 1 is 0.765 bits per heavy atom. The smallest absolute Gasteiger partial charge is 0.0697 e. The van der Waals surface area contributed by atoms with E-state index >= 15 is 0 Å². The summed E-state index contributed by atoms with van der Waals surface area (Å²) in [5, 5.41) is 10.4. The van der Waals surface area contributed by atoms with E-state index in [1.807, 2.05) is 5.37 Å². The molecule has 0 aliphatic carbocycles. The number of hydrogen-bond acceptors (Lipinski definition) is 3. The summed E-state index contributed by atoms with van der Waals surface area (Å²) >= 11 is 4.79. The van der Waals surface area contributed by atoms with Crippen LogP contribution in [0, 0.1) is 0 Å². The van der Waals surface area contributed by atoms with E-state index in [1.54, 1.807) is 0 Å². The Morgan fingerprint density at radius 2 is 1.29 bits per heavy atom. The lowest BCUT2D eigenvalue weighted by Gasteiger charge is -2.03. The van der Waals surface area contributed by atoms with Crippen molar-refractivity contribution in [1.82, 2.24) is 0 Å². The molecule has 0 aromatic rings. The van der Waals surface area contributed by atoms with Crippen molar-refractivity contribution in [2.45, 2.75) is 64.2 Å². The van der Waals surface area contributed by atoms with Crippen molar-refractivity contribution < 1.29 is 9.84 Å². The van der Waals surface area contributed by atoms with Crippen LogP contribution in [0.5, 0.6) is 0 Å². The maximum absolute atomic E-state index is 8.51. The van der Waals surface area contributed by atoms with Crippen molar-refractivity contribution >= 4 is 17.6 Å². The molecular weight excluding hydrogens is 232 g/mol. The van der Waals surface area contributed by atoms with Crippen LogP contribution in [0.15, 0.2) is 0 Å². The molecule has 3 heteroatoms. The number of aliphatic hydroxyl groups excluding tert-OH is 1. The van der Waals surface area contributed by atoms with Crippen LogP contribution >= 0.6 is 12.2 Å². The average Bonchev–Trinajstić information content (AvgIpc) is 2.35. The van der Waals surface area contributed by atoms with Crippen LogP contribution in [0.4, 0.5) is 0 Å². The van der Waals surface area contributed by atoms with Crippen LogP contribution in [-0.2, 0) is 4.74 Å². The lowest BCUT2D eigenvalue weighted by molar-refractivity contribution is 0.0895. The molecule has 0 saturated carbocycles. The van der Waals surface area contributed by atoms with Gasteiger partial charge in [0.15, 0.2) is 0 Å². The second kappa shape index (κ2) is 16.0. The number of unbranched alkanes of at least 4 members (excludes halogenated alkanes) is 9. The van der Waals surface area contributed by atoms with Gasteiger partial charge in [0, 0.05) is 6.61 Å². The number of thiocarbonyl (C=S) groups is 1. The van der Waals surface area contributed by atoms with Gasteiger partial charge < -0.3 is 9.84 Å². The van der Waals surface area contributed by atoms with Crippen molar-refractivity contribution in [2.75, 3.05) is 19.8 Å². The number of rotatable bonds is 14. The third-order valence-corrected chi connectivity index (χ3v) is 3.08. The van der Waals surface area contributed by atoms with Gasteiger partial charge in [-0.25, -0.2) is 0 Å². The van der Waals surface area contributed by atoms with Crippen LogP contribution < -0.4 is 0 Å². The van der Waals surface area contributed by atoms with Gasteiger partial charge in [-0.3, -0.25) is 0 Å². The molecule has 0 spiro atoms. The number of hydrogen-bond donors (Lipinski definition) is 1. The molecule has 17 heavy (non-hydrogen) atoms. The average molecular weight is 260 g/mol. The fourth-order valence-corrected chi connectivity index (χ4v) is 2.00. The van der Waals surface area contributed by atoms with Gasteiger partial charge in [0.25, 0.3) is 0 Å². The Kier molecular flexibility index (Phi) is 16.0. The Hall–Kier alpha value is 0.01000. The summed E-state index contributed by atoms with van der Waals surface area (Å²) in [7, 11) is 0. The Labute approximate surface area is 112 Å². The van der Waals surface area contributed by atoms with Gasteiger partial charge in [-0.05, 0) is 24.6 Å². The zero-order valence-corrected chi connectivity index (χ0v) is 11.8. The van der Waals surface area contributed by atoms with E-state index < -0.39 is 0 Å². The van der Waals surface area contributed by atoms with Gasteiger partial charge in [0.2, 0.25) is 0 Å². The first kappa shape index (κ1) is 17.0. The van der Waals surface area contributed by atoms with Crippen LogP contribution in [0.1, 0.15) is 64.2 Å². The van der Waals surface area contributed by atoms with Crippen molar-refractivity contribution in [1.29, 1.82) is 0 Å². The van der Waals surface area contributed by atoms with Crippen molar-refractivity contribution in [3.63, 3.8) is 0 Å². The van der Waals surface area contributed by atoms with E-state index in [4.69, 9.17) is 22.1 Å². The van der Waals surface area contributed by atoms with Gasteiger partial charge in [-0.2, -0.15) is 0 Å². The molecule has 0 saturated heterocycles. The maximum Gasteiger partial charge on any atom is 0.0697 e. The third kappa shape index (κ3) is 16.0. The molecule has 0 unspecified atom stereocenters. The summed E-state index contributed by atoms with van der Waals surface area (Å²) in [6, 6.07) is 0. The minimum absolute atomic E-state index is 0.142. The molecule has 0 fully saturated rings. The van der Waals surface area contributed by atoms with Crippen molar-refractivity contribution in [2.24, 2.45) is 0 Å². The molecule has 0 aromatic heterocycles. The molecule has 102 valence electrons. The maximum atomic E-state index is 8.51. The highest BCUT2D eigenvalue weighted by Crippen LogP contribution is 2.10. The molecule has 0 rings (SSSR count). The second-order valence-electron chi connectivity index (χ2n) is 4.47. The largest absolute Gasteiger partial charge is 0.394 e. The predicted octanol–water partition coefficient (Wildman–Crippen LogP) is 3.90. The van der Waals surface area contributed by atoms with Gasteiger partial charge in [0.1, 0.15) is 0 Å². The summed E-state index contributed by atoms with van der Waals surface area (Å²) in [6.07, 6.45) is 12.9. The van der Waals surface area contributed by atoms with E-state index in [0.29, 0.717) is 6.61 Å². The van der Waals surface area contributed by atoms with E-state index in [9.17, 15) is 0 Å². The third-order valence-electron chi connectivity index (χ3n) is 2.85. The molecule has 0 amide bonds. The molecule has 0 atom stereocenters. The summed E-state index contributed by atoms with van der Waals surface area (Å²) in [5.41, 5.74) is 0. The van der Waals surface area contributed by atoms with Gasteiger partial charge in [-0.1, -0.05) is 57.2 Å². The molecule has 0 aliphatic heterocycles. The van der Waals surface area contributed by atoms with Gasteiger partial charge >= 0.3 is 0 Å².